The van der Waals surface area contributed by atoms with Crippen LogP contribution in [-0.2, 0) is 4.79 Å². The molecule has 0 aliphatic carbocycles. The van der Waals surface area contributed by atoms with Gasteiger partial charge in [0.15, 0.2) is 0 Å². The number of nitrogens with one attached hydrogen (secondary N) is 1. The monoisotopic (exact) mass is 185 g/mol. The molecule has 70 valence electrons. The van der Waals surface area contributed by atoms with Gasteiger partial charge in [0.1, 0.15) is 0 Å². The molecule has 0 unspecified atom stereocenters. The van der Waals surface area contributed by atoms with Crippen molar-refractivity contribution < 1.29 is 4.79 Å². The second-order valence-electron chi connectivity index (χ2n) is 3.29. The third kappa shape index (κ3) is 1.74. The summed E-state index contributed by atoms with van der Waals surface area (Å²) in [6, 6.07) is 9.81. The molecule has 0 saturated heterocycles. The minimum atomic E-state index is -0.0219. The quantitative estimate of drug-likeness (QED) is 0.667. The summed E-state index contributed by atoms with van der Waals surface area (Å²) in [5.74, 6) is -0.0219. The lowest BCUT2D eigenvalue weighted by atomic mass is 10.1. The van der Waals surface area contributed by atoms with Crippen molar-refractivity contribution in [3.63, 3.8) is 0 Å². The highest BCUT2D eigenvalue weighted by Gasteiger charge is 2.13. The molecular formula is C12H11NO. The predicted octanol–water partition coefficient (Wildman–Crippen LogP) is 2.10. The molecule has 1 aliphatic heterocycles. The maximum absolute atomic E-state index is 11.4. The van der Waals surface area contributed by atoms with Gasteiger partial charge in [0.2, 0.25) is 0 Å². The number of hydrogen-bond donors (Lipinski definition) is 1. The molecule has 0 fully saturated rings. The number of benzene rings is 1. The average molecular weight is 185 g/mol. The Kier molecular flexibility index (Phi) is 2.19. The first-order chi connectivity index (χ1) is 6.75. The van der Waals surface area contributed by atoms with E-state index in [-0.39, 0.29) is 5.91 Å². The molecule has 2 heteroatoms. The number of allylic oxidation sites excluding steroid dienone is 1. The normalized spacial score (nSPS) is 18.2. The largest absolute Gasteiger partial charge is 0.326 e. The summed E-state index contributed by atoms with van der Waals surface area (Å²) in [6.45, 7) is 1.88. The van der Waals surface area contributed by atoms with Gasteiger partial charge >= 0.3 is 0 Å². The van der Waals surface area contributed by atoms with Crippen LogP contribution in [0.5, 0.6) is 0 Å². The molecule has 1 N–H and O–H groups in total. The first-order valence-corrected chi connectivity index (χ1v) is 4.52. The Morgan fingerprint density at radius 2 is 1.93 bits per heavy atom. The third-order valence-electron chi connectivity index (χ3n) is 2.07. The smallest absolute Gasteiger partial charge is 0.255 e. The highest BCUT2D eigenvalue weighted by atomic mass is 16.1. The molecule has 1 aromatic rings. The van der Waals surface area contributed by atoms with Crippen molar-refractivity contribution in [2.75, 3.05) is 0 Å². The van der Waals surface area contributed by atoms with E-state index in [1.54, 1.807) is 0 Å². The summed E-state index contributed by atoms with van der Waals surface area (Å²) in [7, 11) is 0. The van der Waals surface area contributed by atoms with Crippen molar-refractivity contribution in [2.45, 2.75) is 6.92 Å². The summed E-state index contributed by atoms with van der Waals surface area (Å²) in [4.78, 5) is 11.4. The third-order valence-corrected chi connectivity index (χ3v) is 2.07. The lowest BCUT2D eigenvalue weighted by molar-refractivity contribution is -0.115. The fourth-order valence-electron chi connectivity index (χ4n) is 1.42. The molecule has 0 atom stereocenters. The molecule has 0 spiro atoms. The summed E-state index contributed by atoms with van der Waals surface area (Å²) in [5, 5.41) is 2.74. The number of hydrogen-bond acceptors (Lipinski definition) is 1. The molecule has 2 rings (SSSR count). The molecule has 1 aromatic carbocycles. The average Bonchev–Trinajstić information content (AvgIpc) is 2.47. The van der Waals surface area contributed by atoms with E-state index in [1.165, 1.54) is 0 Å². The number of carbonyl (C=O) groups excluding carboxylic acids is 1. The van der Waals surface area contributed by atoms with Gasteiger partial charge in [0.05, 0.1) is 0 Å². The van der Waals surface area contributed by atoms with Crippen LogP contribution in [0.15, 0.2) is 47.7 Å². The molecular weight excluding hydrogens is 174 g/mol. The summed E-state index contributed by atoms with van der Waals surface area (Å²) >= 11 is 0. The Hall–Kier alpha value is -1.83. The van der Waals surface area contributed by atoms with Crippen molar-refractivity contribution in [2.24, 2.45) is 0 Å². The zero-order chi connectivity index (χ0) is 9.97. The van der Waals surface area contributed by atoms with E-state index >= 15 is 0 Å². The first kappa shape index (κ1) is 8.75. The SMILES string of the molecule is CC1=CC(=Cc2ccccc2)C(=O)N1. The summed E-state index contributed by atoms with van der Waals surface area (Å²) in [6.07, 6.45) is 3.74. The van der Waals surface area contributed by atoms with E-state index in [2.05, 4.69) is 5.32 Å². The molecule has 1 aliphatic rings. The molecule has 0 saturated carbocycles. The Labute approximate surface area is 82.9 Å². The van der Waals surface area contributed by atoms with Crippen LogP contribution in [0.1, 0.15) is 12.5 Å². The van der Waals surface area contributed by atoms with Crippen LogP contribution in [-0.4, -0.2) is 5.91 Å². The number of carbonyl (C=O) groups is 1. The zero-order valence-corrected chi connectivity index (χ0v) is 7.95. The lowest BCUT2D eigenvalue weighted by Crippen LogP contribution is -2.14. The van der Waals surface area contributed by atoms with Crippen molar-refractivity contribution >= 4 is 12.0 Å². The molecule has 14 heavy (non-hydrogen) atoms. The van der Waals surface area contributed by atoms with Crippen LogP contribution < -0.4 is 5.32 Å². The topological polar surface area (TPSA) is 29.1 Å². The van der Waals surface area contributed by atoms with E-state index < -0.39 is 0 Å². The maximum Gasteiger partial charge on any atom is 0.255 e. The van der Waals surface area contributed by atoms with Crippen LogP contribution >= 0.6 is 0 Å². The minimum absolute atomic E-state index is 0.0219. The molecule has 1 amide bonds. The van der Waals surface area contributed by atoms with E-state index in [0.717, 1.165) is 11.3 Å². The lowest BCUT2D eigenvalue weighted by Gasteiger charge is -1.94. The van der Waals surface area contributed by atoms with Gasteiger partial charge in [-0.1, -0.05) is 30.3 Å². The highest BCUT2D eigenvalue weighted by Crippen LogP contribution is 2.14. The van der Waals surface area contributed by atoms with Crippen LogP contribution in [0, 0.1) is 0 Å². The van der Waals surface area contributed by atoms with E-state index in [1.807, 2.05) is 49.4 Å². The first-order valence-electron chi connectivity index (χ1n) is 4.52. The van der Waals surface area contributed by atoms with Gasteiger partial charge in [0, 0.05) is 11.3 Å². The van der Waals surface area contributed by atoms with Gasteiger partial charge < -0.3 is 5.32 Å². The Bertz CT molecular complexity index is 415. The van der Waals surface area contributed by atoms with Crippen LogP contribution in [0.2, 0.25) is 0 Å². The molecule has 1 heterocycles. The molecule has 0 aromatic heterocycles. The Morgan fingerprint density at radius 1 is 1.21 bits per heavy atom. The zero-order valence-electron chi connectivity index (χ0n) is 7.95. The van der Waals surface area contributed by atoms with E-state index in [9.17, 15) is 4.79 Å². The Balaban J connectivity index is 2.32. The maximum atomic E-state index is 11.4. The Morgan fingerprint density at radius 3 is 2.50 bits per heavy atom. The van der Waals surface area contributed by atoms with Crippen molar-refractivity contribution in [3.8, 4) is 0 Å². The van der Waals surface area contributed by atoms with Crippen LogP contribution in [0.25, 0.3) is 6.08 Å². The summed E-state index contributed by atoms with van der Waals surface area (Å²) < 4.78 is 0. The minimum Gasteiger partial charge on any atom is -0.326 e. The molecule has 2 nitrogen and oxygen atoms in total. The summed E-state index contributed by atoms with van der Waals surface area (Å²) in [5.41, 5.74) is 2.66. The van der Waals surface area contributed by atoms with Crippen LogP contribution in [0.3, 0.4) is 0 Å². The number of amides is 1. The van der Waals surface area contributed by atoms with Gasteiger partial charge in [-0.2, -0.15) is 0 Å². The fraction of sp³-hybridized carbons (Fsp3) is 0.0833. The van der Waals surface area contributed by atoms with Gasteiger partial charge in [-0.3, -0.25) is 4.79 Å². The van der Waals surface area contributed by atoms with Crippen molar-refractivity contribution in [1.29, 1.82) is 0 Å². The van der Waals surface area contributed by atoms with Gasteiger partial charge in [-0.05, 0) is 24.6 Å². The molecule has 0 bridgehead atoms. The van der Waals surface area contributed by atoms with Crippen molar-refractivity contribution in [1.82, 2.24) is 5.32 Å². The van der Waals surface area contributed by atoms with E-state index in [4.69, 9.17) is 0 Å². The van der Waals surface area contributed by atoms with Crippen molar-refractivity contribution in [3.05, 3.63) is 53.2 Å². The second-order valence-corrected chi connectivity index (χ2v) is 3.29. The fourth-order valence-corrected chi connectivity index (χ4v) is 1.42. The van der Waals surface area contributed by atoms with Crippen LogP contribution in [0.4, 0.5) is 0 Å². The van der Waals surface area contributed by atoms with E-state index in [0.29, 0.717) is 5.57 Å². The van der Waals surface area contributed by atoms with Gasteiger partial charge in [-0.25, -0.2) is 0 Å². The van der Waals surface area contributed by atoms with Gasteiger partial charge in [0.25, 0.3) is 5.91 Å². The van der Waals surface area contributed by atoms with Gasteiger partial charge in [-0.15, -0.1) is 0 Å². The number of rotatable bonds is 1. The standard InChI is InChI=1S/C12H11NO/c1-9-7-11(12(14)13-9)8-10-5-3-2-4-6-10/h2-8H,1H3,(H,13,14). The second kappa shape index (κ2) is 3.50. The highest BCUT2D eigenvalue weighted by molar-refractivity contribution is 6.04. The molecule has 0 radical (unpaired) electrons. The predicted molar refractivity (Wildman–Crippen MR) is 56.3 cm³/mol.